The van der Waals surface area contributed by atoms with E-state index in [-0.39, 0.29) is 0 Å². The standard InChI is InChI=1S/C16H25N7S/c1-12-9-15(18-11-17-12)22(4)13-5-7-23(8-6-13)10-14-19-16(21(2)3)24-20-14/h9,11,13H,5-8,10H2,1-4H3. The highest BCUT2D eigenvalue weighted by Crippen LogP contribution is 2.22. The second-order valence-corrected chi connectivity index (χ2v) is 7.25. The van der Waals surface area contributed by atoms with Gasteiger partial charge in [-0.3, -0.25) is 4.90 Å². The summed E-state index contributed by atoms with van der Waals surface area (Å²) in [6, 6.07) is 2.57. The van der Waals surface area contributed by atoms with Crippen LogP contribution in [0.2, 0.25) is 0 Å². The first kappa shape index (κ1) is 17.0. The normalized spacial score (nSPS) is 16.3. The average molecular weight is 347 g/mol. The third-order valence-electron chi connectivity index (χ3n) is 4.46. The Kier molecular flexibility index (Phi) is 5.25. The molecule has 0 saturated carbocycles. The quantitative estimate of drug-likeness (QED) is 0.817. The summed E-state index contributed by atoms with van der Waals surface area (Å²) < 4.78 is 4.46. The monoisotopic (exact) mass is 347 g/mol. The van der Waals surface area contributed by atoms with Crippen molar-refractivity contribution in [2.24, 2.45) is 0 Å². The SMILES string of the molecule is Cc1cc(N(C)C2CCN(Cc3nsc(N(C)C)n3)CC2)ncn1. The summed E-state index contributed by atoms with van der Waals surface area (Å²) >= 11 is 1.47. The fourth-order valence-corrected chi connectivity index (χ4v) is 3.57. The number of anilines is 2. The number of aryl methyl sites for hydroxylation is 1. The van der Waals surface area contributed by atoms with Crippen LogP contribution >= 0.6 is 11.5 Å². The largest absolute Gasteiger partial charge is 0.356 e. The minimum absolute atomic E-state index is 0.524. The summed E-state index contributed by atoms with van der Waals surface area (Å²) in [6.07, 6.45) is 3.90. The lowest BCUT2D eigenvalue weighted by molar-refractivity contribution is 0.199. The molecule has 1 aliphatic rings. The first-order valence-corrected chi connectivity index (χ1v) is 9.04. The highest BCUT2D eigenvalue weighted by atomic mass is 32.1. The van der Waals surface area contributed by atoms with Gasteiger partial charge in [-0.1, -0.05) is 0 Å². The molecule has 3 heterocycles. The van der Waals surface area contributed by atoms with E-state index in [1.807, 2.05) is 32.0 Å². The molecule has 1 aliphatic heterocycles. The number of hydrogen-bond donors (Lipinski definition) is 0. The molecule has 0 aromatic carbocycles. The molecule has 0 N–H and O–H groups in total. The molecule has 0 spiro atoms. The maximum atomic E-state index is 4.58. The maximum Gasteiger partial charge on any atom is 0.204 e. The van der Waals surface area contributed by atoms with E-state index >= 15 is 0 Å². The lowest BCUT2D eigenvalue weighted by Crippen LogP contribution is -2.43. The van der Waals surface area contributed by atoms with Gasteiger partial charge in [0.05, 0.1) is 6.54 Å². The van der Waals surface area contributed by atoms with E-state index in [0.717, 1.165) is 54.9 Å². The zero-order chi connectivity index (χ0) is 17.1. The van der Waals surface area contributed by atoms with Crippen LogP contribution in [0.4, 0.5) is 10.9 Å². The van der Waals surface area contributed by atoms with Crippen molar-refractivity contribution in [2.45, 2.75) is 32.4 Å². The summed E-state index contributed by atoms with van der Waals surface area (Å²) in [5, 5.41) is 0.971. The van der Waals surface area contributed by atoms with Crippen molar-refractivity contribution in [1.29, 1.82) is 0 Å². The van der Waals surface area contributed by atoms with Crippen molar-refractivity contribution in [3.63, 3.8) is 0 Å². The lowest BCUT2D eigenvalue weighted by Gasteiger charge is -2.36. The first-order valence-electron chi connectivity index (χ1n) is 8.26. The molecule has 130 valence electrons. The molecule has 8 heteroatoms. The third-order valence-corrected chi connectivity index (χ3v) is 5.38. The molecule has 0 radical (unpaired) electrons. The molecule has 0 amide bonds. The van der Waals surface area contributed by atoms with Gasteiger partial charge in [-0.05, 0) is 19.8 Å². The predicted molar refractivity (Wildman–Crippen MR) is 97.7 cm³/mol. The zero-order valence-electron chi connectivity index (χ0n) is 14.8. The van der Waals surface area contributed by atoms with Gasteiger partial charge in [0.15, 0.2) is 5.82 Å². The van der Waals surface area contributed by atoms with Crippen LogP contribution in [0.1, 0.15) is 24.4 Å². The van der Waals surface area contributed by atoms with Gasteiger partial charge < -0.3 is 9.80 Å². The molecule has 2 aromatic heterocycles. The molecule has 3 rings (SSSR count). The molecule has 0 atom stereocenters. The third kappa shape index (κ3) is 3.99. The van der Waals surface area contributed by atoms with Crippen LogP contribution in [0.3, 0.4) is 0 Å². The Labute approximate surface area is 147 Å². The summed E-state index contributed by atoms with van der Waals surface area (Å²) in [6.45, 7) is 4.98. The predicted octanol–water partition coefficient (Wildman–Crippen LogP) is 1.80. The number of hydrogen-bond acceptors (Lipinski definition) is 8. The van der Waals surface area contributed by atoms with Crippen molar-refractivity contribution in [3.05, 3.63) is 23.9 Å². The minimum Gasteiger partial charge on any atom is -0.356 e. The van der Waals surface area contributed by atoms with Crippen molar-refractivity contribution < 1.29 is 0 Å². The summed E-state index contributed by atoms with van der Waals surface area (Å²) in [4.78, 5) is 19.9. The van der Waals surface area contributed by atoms with Crippen LogP contribution in [-0.2, 0) is 6.54 Å². The van der Waals surface area contributed by atoms with Crippen molar-refractivity contribution in [3.8, 4) is 0 Å². The molecule has 24 heavy (non-hydrogen) atoms. The van der Waals surface area contributed by atoms with Gasteiger partial charge in [-0.2, -0.15) is 4.37 Å². The topological polar surface area (TPSA) is 61.3 Å². The van der Waals surface area contributed by atoms with E-state index in [4.69, 9.17) is 0 Å². The molecule has 1 saturated heterocycles. The summed E-state index contributed by atoms with van der Waals surface area (Å²) in [7, 11) is 6.13. The Hall–Kier alpha value is -1.80. The molecule has 2 aromatic rings. The van der Waals surface area contributed by atoms with E-state index in [1.165, 1.54) is 11.5 Å². The van der Waals surface area contributed by atoms with Crippen LogP contribution < -0.4 is 9.80 Å². The number of nitrogens with zero attached hydrogens (tertiary/aromatic N) is 7. The number of piperidine rings is 1. The molecule has 0 aliphatic carbocycles. The molecule has 0 unspecified atom stereocenters. The van der Waals surface area contributed by atoms with E-state index in [1.54, 1.807) is 6.33 Å². The Morgan fingerprint density at radius 3 is 2.58 bits per heavy atom. The zero-order valence-corrected chi connectivity index (χ0v) is 15.6. The molecule has 0 bridgehead atoms. The van der Waals surface area contributed by atoms with Crippen LogP contribution in [0.15, 0.2) is 12.4 Å². The van der Waals surface area contributed by atoms with E-state index in [9.17, 15) is 0 Å². The van der Waals surface area contributed by atoms with Gasteiger partial charge in [0.1, 0.15) is 12.1 Å². The number of aromatic nitrogens is 4. The Balaban J connectivity index is 1.53. The van der Waals surface area contributed by atoms with Crippen molar-refractivity contribution in [1.82, 2.24) is 24.2 Å². The van der Waals surface area contributed by atoms with Crippen LogP contribution in [0.5, 0.6) is 0 Å². The smallest absolute Gasteiger partial charge is 0.204 e. The van der Waals surface area contributed by atoms with Gasteiger partial charge >= 0.3 is 0 Å². The van der Waals surface area contributed by atoms with E-state index in [2.05, 4.69) is 36.2 Å². The maximum absolute atomic E-state index is 4.58. The van der Waals surface area contributed by atoms with Crippen molar-refractivity contribution >= 4 is 22.5 Å². The second kappa shape index (κ2) is 7.40. The van der Waals surface area contributed by atoms with Gasteiger partial charge in [-0.25, -0.2) is 15.0 Å². The van der Waals surface area contributed by atoms with Crippen LogP contribution in [-0.4, -0.2) is 64.5 Å². The van der Waals surface area contributed by atoms with Crippen LogP contribution in [0.25, 0.3) is 0 Å². The lowest BCUT2D eigenvalue weighted by atomic mass is 10.0. The van der Waals surface area contributed by atoms with Gasteiger partial charge in [0.25, 0.3) is 0 Å². The Bertz CT molecular complexity index is 664. The molecule has 1 fully saturated rings. The van der Waals surface area contributed by atoms with Gasteiger partial charge in [-0.15, -0.1) is 0 Å². The minimum atomic E-state index is 0.524. The van der Waals surface area contributed by atoms with Crippen molar-refractivity contribution in [2.75, 3.05) is 44.0 Å². The number of likely N-dealkylation sites (tertiary alicyclic amines) is 1. The average Bonchev–Trinajstić information content (AvgIpc) is 3.04. The Morgan fingerprint density at radius 1 is 1.21 bits per heavy atom. The van der Waals surface area contributed by atoms with E-state index in [0.29, 0.717) is 6.04 Å². The summed E-state index contributed by atoms with van der Waals surface area (Å²) in [5.74, 6) is 1.94. The fraction of sp³-hybridized carbons (Fsp3) is 0.625. The van der Waals surface area contributed by atoms with Crippen LogP contribution in [0, 0.1) is 6.92 Å². The first-order chi connectivity index (χ1) is 11.5. The molecule has 7 nitrogen and oxygen atoms in total. The highest BCUT2D eigenvalue weighted by molar-refractivity contribution is 7.09. The second-order valence-electron chi connectivity index (χ2n) is 6.52. The molecular weight excluding hydrogens is 322 g/mol. The van der Waals surface area contributed by atoms with Gasteiger partial charge in [0, 0.05) is 63.6 Å². The fourth-order valence-electron chi connectivity index (χ4n) is 2.98. The van der Waals surface area contributed by atoms with E-state index < -0.39 is 0 Å². The van der Waals surface area contributed by atoms with Gasteiger partial charge in [0.2, 0.25) is 5.13 Å². The Morgan fingerprint density at radius 2 is 1.96 bits per heavy atom. The number of rotatable bonds is 5. The molecular formula is C16H25N7S. The summed E-state index contributed by atoms with van der Waals surface area (Å²) in [5.41, 5.74) is 1.01. The highest BCUT2D eigenvalue weighted by Gasteiger charge is 2.24.